The standard InChI is InChI=1S/C24H36N4O2.HI/c1-6-28(7-2)18-21-11-9-8-10-20(21)17-27-24(25-3)26-15-14-19-12-13-22(29-4)23(16-19)30-5;/h8-13,16H,6-7,14-15,17-18H2,1-5H3,(H2,25,26,27);1H. The topological polar surface area (TPSA) is 58.1 Å². The number of aliphatic imine (C=N–C) groups is 1. The summed E-state index contributed by atoms with van der Waals surface area (Å²) in [6.45, 7) is 9.00. The summed E-state index contributed by atoms with van der Waals surface area (Å²) < 4.78 is 10.7. The van der Waals surface area contributed by atoms with Crippen molar-refractivity contribution in [2.75, 3.05) is 40.9 Å². The molecule has 172 valence electrons. The third-order valence-corrected chi connectivity index (χ3v) is 5.23. The summed E-state index contributed by atoms with van der Waals surface area (Å²) >= 11 is 0. The Morgan fingerprint density at radius 2 is 1.61 bits per heavy atom. The SMILES string of the molecule is CCN(CC)Cc1ccccc1CNC(=NC)NCCc1ccc(OC)c(OC)c1.I. The van der Waals surface area contributed by atoms with Gasteiger partial charge in [0.1, 0.15) is 0 Å². The molecular weight excluding hydrogens is 503 g/mol. The van der Waals surface area contributed by atoms with Crippen molar-refractivity contribution in [3.05, 3.63) is 59.2 Å². The highest BCUT2D eigenvalue weighted by Gasteiger charge is 2.08. The van der Waals surface area contributed by atoms with Gasteiger partial charge in [0, 0.05) is 26.7 Å². The average Bonchev–Trinajstić information content (AvgIpc) is 2.80. The van der Waals surface area contributed by atoms with Crippen LogP contribution in [0.1, 0.15) is 30.5 Å². The highest BCUT2D eigenvalue weighted by atomic mass is 127. The summed E-state index contributed by atoms with van der Waals surface area (Å²) in [5.74, 6) is 2.30. The van der Waals surface area contributed by atoms with Crippen LogP contribution in [0.3, 0.4) is 0 Å². The lowest BCUT2D eigenvalue weighted by molar-refractivity contribution is 0.295. The van der Waals surface area contributed by atoms with E-state index in [4.69, 9.17) is 9.47 Å². The van der Waals surface area contributed by atoms with Gasteiger partial charge in [-0.05, 0) is 48.3 Å². The maximum atomic E-state index is 5.38. The van der Waals surface area contributed by atoms with E-state index in [9.17, 15) is 0 Å². The van der Waals surface area contributed by atoms with Crippen molar-refractivity contribution in [3.8, 4) is 11.5 Å². The summed E-state index contributed by atoms with van der Waals surface area (Å²) in [6.07, 6.45) is 0.861. The average molecular weight is 540 g/mol. The second-order valence-electron chi connectivity index (χ2n) is 7.02. The van der Waals surface area contributed by atoms with Gasteiger partial charge in [-0.25, -0.2) is 0 Å². The van der Waals surface area contributed by atoms with Crippen LogP contribution in [0, 0.1) is 0 Å². The lowest BCUT2D eigenvalue weighted by Crippen LogP contribution is -2.38. The van der Waals surface area contributed by atoms with Gasteiger partial charge in [-0.1, -0.05) is 44.2 Å². The Bertz CT molecular complexity index is 810. The molecule has 2 aromatic carbocycles. The van der Waals surface area contributed by atoms with Crippen LogP contribution in [-0.4, -0.2) is 51.8 Å². The van der Waals surface area contributed by atoms with E-state index in [1.807, 2.05) is 12.1 Å². The molecule has 0 heterocycles. The number of methoxy groups -OCH3 is 2. The first kappa shape index (κ1) is 27.0. The van der Waals surface area contributed by atoms with Crippen LogP contribution in [0.15, 0.2) is 47.5 Å². The maximum Gasteiger partial charge on any atom is 0.191 e. The quantitative estimate of drug-likeness (QED) is 0.256. The molecule has 0 bridgehead atoms. The molecule has 7 heteroatoms. The monoisotopic (exact) mass is 540 g/mol. The molecule has 0 spiro atoms. The number of nitrogens with one attached hydrogen (secondary N) is 2. The molecule has 0 aliphatic heterocycles. The van der Waals surface area contributed by atoms with E-state index < -0.39 is 0 Å². The van der Waals surface area contributed by atoms with E-state index in [2.05, 4.69) is 64.7 Å². The fourth-order valence-corrected chi connectivity index (χ4v) is 3.33. The summed E-state index contributed by atoms with van der Waals surface area (Å²) in [7, 11) is 5.10. The van der Waals surface area contributed by atoms with Gasteiger partial charge in [0.25, 0.3) is 0 Å². The molecule has 0 fully saturated rings. The van der Waals surface area contributed by atoms with E-state index in [1.165, 1.54) is 16.7 Å². The molecule has 0 radical (unpaired) electrons. The molecule has 2 rings (SSSR count). The van der Waals surface area contributed by atoms with Gasteiger partial charge >= 0.3 is 0 Å². The molecule has 0 aliphatic rings. The molecule has 0 aliphatic carbocycles. The molecule has 31 heavy (non-hydrogen) atoms. The van der Waals surface area contributed by atoms with Crippen molar-refractivity contribution in [2.45, 2.75) is 33.4 Å². The maximum absolute atomic E-state index is 5.38. The van der Waals surface area contributed by atoms with Crippen LogP contribution < -0.4 is 20.1 Å². The van der Waals surface area contributed by atoms with E-state index in [-0.39, 0.29) is 24.0 Å². The highest BCUT2D eigenvalue weighted by molar-refractivity contribution is 14.0. The number of halogens is 1. The Morgan fingerprint density at radius 3 is 2.23 bits per heavy atom. The van der Waals surface area contributed by atoms with E-state index in [0.717, 1.165) is 56.6 Å². The molecule has 0 aromatic heterocycles. The first-order valence-corrected chi connectivity index (χ1v) is 10.6. The van der Waals surface area contributed by atoms with Gasteiger partial charge in [-0.3, -0.25) is 9.89 Å². The zero-order valence-electron chi connectivity index (χ0n) is 19.4. The molecule has 2 N–H and O–H groups in total. The van der Waals surface area contributed by atoms with Crippen LogP contribution in [-0.2, 0) is 19.5 Å². The molecular formula is C24H37IN4O2. The Hall–Kier alpha value is -2.00. The van der Waals surface area contributed by atoms with Gasteiger partial charge in [0.2, 0.25) is 0 Å². The zero-order chi connectivity index (χ0) is 21.8. The number of guanidine groups is 1. The van der Waals surface area contributed by atoms with Crippen molar-refractivity contribution < 1.29 is 9.47 Å². The first-order valence-electron chi connectivity index (χ1n) is 10.6. The third kappa shape index (κ3) is 8.57. The largest absolute Gasteiger partial charge is 0.493 e. The van der Waals surface area contributed by atoms with Crippen molar-refractivity contribution in [1.29, 1.82) is 0 Å². The van der Waals surface area contributed by atoms with E-state index in [1.54, 1.807) is 21.3 Å². The van der Waals surface area contributed by atoms with Gasteiger partial charge in [-0.15, -0.1) is 24.0 Å². The summed E-state index contributed by atoms with van der Waals surface area (Å²) in [6, 6.07) is 14.6. The van der Waals surface area contributed by atoms with Crippen molar-refractivity contribution >= 4 is 29.9 Å². The third-order valence-electron chi connectivity index (χ3n) is 5.23. The number of nitrogens with zero attached hydrogens (tertiary/aromatic N) is 2. The highest BCUT2D eigenvalue weighted by Crippen LogP contribution is 2.27. The summed E-state index contributed by atoms with van der Waals surface area (Å²) in [5.41, 5.74) is 3.84. The van der Waals surface area contributed by atoms with Gasteiger partial charge in [-0.2, -0.15) is 0 Å². The summed E-state index contributed by atoms with van der Waals surface area (Å²) in [5, 5.41) is 6.83. The predicted octanol–water partition coefficient (Wildman–Crippen LogP) is 4.07. The minimum atomic E-state index is 0. The lowest BCUT2D eigenvalue weighted by atomic mass is 10.1. The normalized spacial score (nSPS) is 11.1. The fraction of sp³-hybridized carbons (Fsp3) is 0.458. The minimum Gasteiger partial charge on any atom is -0.493 e. The molecule has 0 atom stereocenters. The Morgan fingerprint density at radius 1 is 0.935 bits per heavy atom. The predicted molar refractivity (Wildman–Crippen MR) is 140 cm³/mol. The van der Waals surface area contributed by atoms with Crippen LogP contribution >= 0.6 is 24.0 Å². The number of benzene rings is 2. The first-order chi connectivity index (χ1) is 14.6. The van der Waals surface area contributed by atoms with Crippen LogP contribution in [0.5, 0.6) is 11.5 Å². The Balaban J connectivity index is 0.00000480. The van der Waals surface area contributed by atoms with Crippen LogP contribution in [0.4, 0.5) is 0 Å². The molecule has 6 nitrogen and oxygen atoms in total. The number of hydrogen-bond acceptors (Lipinski definition) is 4. The van der Waals surface area contributed by atoms with Gasteiger partial charge in [0.05, 0.1) is 14.2 Å². The summed E-state index contributed by atoms with van der Waals surface area (Å²) in [4.78, 5) is 6.78. The Kier molecular flexibility index (Phi) is 13.0. The lowest BCUT2D eigenvalue weighted by Gasteiger charge is -2.20. The van der Waals surface area contributed by atoms with Gasteiger partial charge < -0.3 is 20.1 Å². The molecule has 0 saturated heterocycles. The van der Waals surface area contributed by atoms with E-state index in [0.29, 0.717) is 0 Å². The van der Waals surface area contributed by atoms with Crippen LogP contribution in [0.2, 0.25) is 0 Å². The van der Waals surface area contributed by atoms with Crippen molar-refractivity contribution in [2.24, 2.45) is 4.99 Å². The molecule has 0 saturated carbocycles. The zero-order valence-corrected chi connectivity index (χ0v) is 21.7. The molecule has 0 amide bonds. The molecule has 0 unspecified atom stereocenters. The second kappa shape index (κ2) is 14.9. The van der Waals surface area contributed by atoms with Crippen molar-refractivity contribution in [1.82, 2.24) is 15.5 Å². The van der Waals surface area contributed by atoms with Crippen molar-refractivity contribution in [3.63, 3.8) is 0 Å². The Labute approximate surface area is 204 Å². The minimum absolute atomic E-state index is 0. The van der Waals surface area contributed by atoms with Crippen LogP contribution in [0.25, 0.3) is 0 Å². The number of ether oxygens (including phenoxy) is 2. The molecule has 2 aromatic rings. The smallest absolute Gasteiger partial charge is 0.191 e. The van der Waals surface area contributed by atoms with Gasteiger partial charge in [0.15, 0.2) is 17.5 Å². The van der Waals surface area contributed by atoms with E-state index >= 15 is 0 Å². The second-order valence-corrected chi connectivity index (χ2v) is 7.02. The number of hydrogen-bond donors (Lipinski definition) is 2. The fourth-order valence-electron chi connectivity index (χ4n) is 3.33. The number of rotatable bonds is 11.